The molecule has 0 fully saturated rings. The largest absolute Gasteiger partial charge is 0.468 e. The molecule has 86 valence electrons. The maximum Gasteiger partial charge on any atom is 0.323 e. The highest BCUT2D eigenvalue weighted by atomic mass is 16.5. The third-order valence-electron chi connectivity index (χ3n) is 2.93. The third-order valence-corrected chi connectivity index (χ3v) is 2.93. The summed E-state index contributed by atoms with van der Waals surface area (Å²) in [7, 11) is 1.30. The lowest BCUT2D eigenvalue weighted by molar-refractivity contribution is -0.151. The summed E-state index contributed by atoms with van der Waals surface area (Å²) in [5, 5.41) is 0. The molecule has 0 aliphatic carbocycles. The summed E-state index contributed by atoms with van der Waals surface area (Å²) >= 11 is 0. The highest BCUT2D eigenvalue weighted by Gasteiger charge is 2.44. The van der Waals surface area contributed by atoms with E-state index in [2.05, 4.69) is 0 Å². The van der Waals surface area contributed by atoms with Gasteiger partial charge < -0.3 is 4.74 Å². The van der Waals surface area contributed by atoms with Crippen molar-refractivity contribution in [2.45, 2.75) is 25.7 Å². The quantitative estimate of drug-likeness (QED) is 0.576. The van der Waals surface area contributed by atoms with Crippen molar-refractivity contribution in [3.63, 3.8) is 0 Å². The average molecular weight is 220 g/mol. The molecule has 1 aromatic rings. The summed E-state index contributed by atoms with van der Waals surface area (Å²) in [6.07, 6.45) is 0.402. The van der Waals surface area contributed by atoms with Gasteiger partial charge in [0.05, 0.1) is 7.11 Å². The molecule has 3 nitrogen and oxygen atoms in total. The Morgan fingerprint density at radius 2 is 1.81 bits per heavy atom. The number of methoxy groups -OCH3 is 1. The number of Topliss-reactive ketones (excluding diaryl/α,β-unsaturated/α-hetero) is 1. The second-order valence-corrected chi connectivity index (χ2v) is 3.67. The summed E-state index contributed by atoms with van der Waals surface area (Å²) in [4.78, 5) is 23.7. The smallest absolute Gasteiger partial charge is 0.323 e. The Bertz CT molecular complexity index is 383. The van der Waals surface area contributed by atoms with Crippen LogP contribution in [0.1, 0.15) is 25.8 Å². The van der Waals surface area contributed by atoms with Crippen LogP contribution in [0.15, 0.2) is 30.3 Å². The summed E-state index contributed by atoms with van der Waals surface area (Å²) in [5.74, 6) is -0.679. The molecular weight excluding hydrogens is 204 g/mol. The van der Waals surface area contributed by atoms with Crippen molar-refractivity contribution in [3.8, 4) is 0 Å². The minimum atomic E-state index is -1.16. The van der Waals surface area contributed by atoms with Gasteiger partial charge in [-0.25, -0.2) is 0 Å². The number of carbonyl (C=O) groups is 2. The van der Waals surface area contributed by atoms with Gasteiger partial charge >= 0.3 is 5.97 Å². The van der Waals surface area contributed by atoms with Crippen molar-refractivity contribution in [1.29, 1.82) is 0 Å². The van der Waals surface area contributed by atoms with Gasteiger partial charge in [-0.05, 0) is 18.9 Å². The monoisotopic (exact) mass is 220 g/mol. The Labute approximate surface area is 95.4 Å². The van der Waals surface area contributed by atoms with E-state index in [1.165, 1.54) is 14.0 Å². The van der Waals surface area contributed by atoms with Gasteiger partial charge in [0, 0.05) is 0 Å². The van der Waals surface area contributed by atoms with Crippen molar-refractivity contribution in [2.24, 2.45) is 0 Å². The van der Waals surface area contributed by atoms with Gasteiger partial charge in [-0.2, -0.15) is 0 Å². The zero-order valence-electron chi connectivity index (χ0n) is 9.82. The average Bonchev–Trinajstić information content (AvgIpc) is 2.31. The minimum Gasteiger partial charge on any atom is -0.468 e. The van der Waals surface area contributed by atoms with E-state index in [9.17, 15) is 9.59 Å². The standard InChI is InChI=1S/C13H16O3/c1-4-13(10(2)14,12(15)16-3)11-8-6-5-7-9-11/h5-9H,4H2,1-3H3/t13-/m0/s1. The van der Waals surface area contributed by atoms with Crippen LogP contribution in [-0.4, -0.2) is 18.9 Å². The zero-order chi connectivity index (χ0) is 12.2. The van der Waals surface area contributed by atoms with E-state index < -0.39 is 11.4 Å². The zero-order valence-corrected chi connectivity index (χ0v) is 9.82. The molecule has 3 heteroatoms. The molecule has 0 heterocycles. The Hall–Kier alpha value is -1.64. The van der Waals surface area contributed by atoms with E-state index in [4.69, 9.17) is 4.74 Å². The fourth-order valence-corrected chi connectivity index (χ4v) is 1.96. The third kappa shape index (κ3) is 1.85. The fourth-order valence-electron chi connectivity index (χ4n) is 1.96. The molecule has 1 rings (SSSR count). The SMILES string of the molecule is CC[C@@](C(C)=O)(C(=O)OC)c1ccccc1. The molecule has 16 heavy (non-hydrogen) atoms. The lowest BCUT2D eigenvalue weighted by atomic mass is 9.75. The van der Waals surface area contributed by atoms with Gasteiger partial charge in [0.2, 0.25) is 0 Å². The lowest BCUT2D eigenvalue weighted by Gasteiger charge is -2.27. The first-order chi connectivity index (χ1) is 7.59. The van der Waals surface area contributed by atoms with Gasteiger partial charge in [-0.15, -0.1) is 0 Å². The molecular formula is C13H16O3. The highest BCUT2D eigenvalue weighted by molar-refractivity contribution is 6.08. The van der Waals surface area contributed by atoms with Crippen LogP contribution >= 0.6 is 0 Å². The first-order valence-electron chi connectivity index (χ1n) is 5.24. The molecule has 0 aliphatic heterocycles. The topological polar surface area (TPSA) is 43.4 Å². The molecule has 0 saturated heterocycles. The van der Waals surface area contributed by atoms with Crippen molar-refractivity contribution < 1.29 is 14.3 Å². The van der Waals surface area contributed by atoms with Gasteiger partial charge in [0.25, 0.3) is 0 Å². The number of carbonyl (C=O) groups excluding carboxylic acids is 2. The van der Waals surface area contributed by atoms with Crippen LogP contribution in [0.2, 0.25) is 0 Å². The lowest BCUT2D eigenvalue weighted by Crippen LogP contribution is -2.42. The van der Waals surface area contributed by atoms with Crippen molar-refractivity contribution in [2.75, 3.05) is 7.11 Å². The van der Waals surface area contributed by atoms with Gasteiger partial charge in [-0.3, -0.25) is 9.59 Å². The maximum atomic E-state index is 11.9. The predicted molar refractivity (Wildman–Crippen MR) is 61.1 cm³/mol. The van der Waals surface area contributed by atoms with Crippen LogP contribution in [0.5, 0.6) is 0 Å². The van der Waals surface area contributed by atoms with Crippen LogP contribution in [0, 0.1) is 0 Å². The number of esters is 1. The van der Waals surface area contributed by atoms with Crippen molar-refractivity contribution in [3.05, 3.63) is 35.9 Å². The minimum absolute atomic E-state index is 0.187. The van der Waals surface area contributed by atoms with E-state index in [1.807, 2.05) is 25.1 Å². The molecule has 0 amide bonds. The van der Waals surface area contributed by atoms with E-state index in [0.717, 1.165) is 0 Å². The molecule has 0 spiro atoms. The highest BCUT2D eigenvalue weighted by Crippen LogP contribution is 2.30. The summed E-state index contributed by atoms with van der Waals surface area (Å²) in [6, 6.07) is 9.03. The maximum absolute atomic E-state index is 11.9. The Kier molecular flexibility index (Phi) is 3.82. The number of hydrogen-bond acceptors (Lipinski definition) is 3. The second kappa shape index (κ2) is 4.92. The Morgan fingerprint density at radius 3 is 2.19 bits per heavy atom. The van der Waals surface area contributed by atoms with Crippen LogP contribution in [-0.2, 0) is 19.7 Å². The Morgan fingerprint density at radius 1 is 1.25 bits per heavy atom. The molecule has 0 N–H and O–H groups in total. The number of rotatable bonds is 4. The van der Waals surface area contributed by atoms with Crippen LogP contribution in [0.3, 0.4) is 0 Å². The number of ether oxygens (including phenoxy) is 1. The van der Waals surface area contributed by atoms with Gasteiger partial charge in [0.1, 0.15) is 0 Å². The number of benzene rings is 1. The van der Waals surface area contributed by atoms with Gasteiger partial charge in [0.15, 0.2) is 11.2 Å². The first kappa shape index (κ1) is 12.4. The van der Waals surface area contributed by atoms with Crippen molar-refractivity contribution in [1.82, 2.24) is 0 Å². The van der Waals surface area contributed by atoms with Crippen LogP contribution < -0.4 is 0 Å². The van der Waals surface area contributed by atoms with E-state index in [-0.39, 0.29) is 5.78 Å². The second-order valence-electron chi connectivity index (χ2n) is 3.67. The first-order valence-corrected chi connectivity index (χ1v) is 5.24. The summed E-state index contributed by atoms with van der Waals surface area (Å²) in [6.45, 7) is 3.23. The van der Waals surface area contributed by atoms with E-state index in [1.54, 1.807) is 12.1 Å². The molecule has 0 radical (unpaired) electrons. The predicted octanol–water partition coefficient (Wildman–Crippen LogP) is 2.10. The van der Waals surface area contributed by atoms with E-state index >= 15 is 0 Å². The Balaban J connectivity index is 3.35. The van der Waals surface area contributed by atoms with Crippen LogP contribution in [0.4, 0.5) is 0 Å². The molecule has 0 unspecified atom stereocenters. The summed E-state index contributed by atoms with van der Waals surface area (Å²) < 4.78 is 4.76. The molecule has 0 aliphatic rings. The van der Waals surface area contributed by atoms with Gasteiger partial charge in [-0.1, -0.05) is 37.3 Å². The molecule has 1 aromatic carbocycles. The molecule has 0 bridgehead atoms. The number of ketones is 1. The van der Waals surface area contributed by atoms with Crippen LogP contribution in [0.25, 0.3) is 0 Å². The van der Waals surface area contributed by atoms with E-state index in [0.29, 0.717) is 12.0 Å². The normalized spacial score (nSPS) is 13.9. The summed E-state index contributed by atoms with van der Waals surface area (Å²) in [5.41, 5.74) is -0.465. The molecule has 0 aromatic heterocycles. The number of hydrogen-bond donors (Lipinski definition) is 0. The van der Waals surface area contributed by atoms with Crippen molar-refractivity contribution >= 4 is 11.8 Å². The molecule has 1 atom stereocenters. The fraction of sp³-hybridized carbons (Fsp3) is 0.385. The molecule has 0 saturated carbocycles.